The van der Waals surface area contributed by atoms with Gasteiger partial charge in [-0.3, -0.25) is 9.36 Å². The van der Waals surface area contributed by atoms with E-state index in [9.17, 15) is 4.79 Å². The number of rotatable bonds is 6. The Bertz CT molecular complexity index is 1130. The van der Waals surface area contributed by atoms with Crippen LogP contribution in [0.3, 0.4) is 0 Å². The average Bonchev–Trinajstić information content (AvgIpc) is 3.47. The molecule has 6 nitrogen and oxygen atoms in total. The second-order valence-corrected chi connectivity index (χ2v) is 8.37. The summed E-state index contributed by atoms with van der Waals surface area (Å²) < 4.78 is 1.95. The smallest absolute Gasteiger partial charge is 0.235 e. The highest BCUT2D eigenvalue weighted by Crippen LogP contribution is 2.30. The Hall–Kier alpha value is -2.93. The van der Waals surface area contributed by atoms with E-state index in [1.165, 1.54) is 23.1 Å². The SMILES string of the molecule is N#Cc1ccsc1NC(=O)CSc1nnc(-c2cccs2)n1-c1ccccc1. The number of carbonyl (C=O) groups is 1. The van der Waals surface area contributed by atoms with Crippen molar-refractivity contribution in [3.8, 4) is 22.5 Å². The second-order valence-electron chi connectivity index (χ2n) is 5.57. The molecule has 1 N–H and O–H groups in total. The first kappa shape index (κ1) is 18.4. The molecule has 1 amide bonds. The van der Waals surface area contributed by atoms with E-state index in [1.54, 1.807) is 22.8 Å². The zero-order valence-electron chi connectivity index (χ0n) is 14.4. The highest BCUT2D eigenvalue weighted by molar-refractivity contribution is 7.99. The van der Waals surface area contributed by atoms with Crippen molar-refractivity contribution in [1.82, 2.24) is 14.8 Å². The number of aromatic nitrogens is 3. The average molecular weight is 424 g/mol. The number of hydrogen-bond donors (Lipinski definition) is 1. The summed E-state index contributed by atoms with van der Waals surface area (Å²) in [6.07, 6.45) is 0. The number of nitrogens with one attached hydrogen (secondary N) is 1. The van der Waals surface area contributed by atoms with Crippen LogP contribution in [0.25, 0.3) is 16.4 Å². The maximum absolute atomic E-state index is 12.3. The number of anilines is 1. The molecule has 0 atom stereocenters. The molecule has 3 heterocycles. The van der Waals surface area contributed by atoms with Crippen molar-refractivity contribution in [2.45, 2.75) is 5.16 Å². The highest BCUT2D eigenvalue weighted by atomic mass is 32.2. The van der Waals surface area contributed by atoms with E-state index in [-0.39, 0.29) is 11.7 Å². The minimum absolute atomic E-state index is 0.165. The molecule has 0 aliphatic heterocycles. The topological polar surface area (TPSA) is 83.6 Å². The van der Waals surface area contributed by atoms with E-state index in [0.29, 0.717) is 15.7 Å². The number of thiophene rings is 2. The number of hydrogen-bond acceptors (Lipinski definition) is 7. The summed E-state index contributed by atoms with van der Waals surface area (Å²) in [7, 11) is 0. The number of nitrogens with zero attached hydrogens (tertiary/aromatic N) is 4. The van der Waals surface area contributed by atoms with E-state index >= 15 is 0 Å². The standard InChI is InChI=1S/C19H13N5OS3/c20-11-13-8-10-27-18(13)21-16(25)12-28-19-23-22-17(15-7-4-9-26-15)24(19)14-5-2-1-3-6-14/h1-10H,12H2,(H,21,25). The van der Waals surface area contributed by atoms with E-state index in [2.05, 4.69) is 21.6 Å². The van der Waals surface area contributed by atoms with Crippen LogP contribution >= 0.6 is 34.4 Å². The van der Waals surface area contributed by atoms with Gasteiger partial charge in [-0.15, -0.1) is 32.9 Å². The largest absolute Gasteiger partial charge is 0.316 e. The zero-order chi connectivity index (χ0) is 19.3. The fourth-order valence-electron chi connectivity index (χ4n) is 2.53. The van der Waals surface area contributed by atoms with Crippen LogP contribution in [0.2, 0.25) is 0 Å². The van der Waals surface area contributed by atoms with Gasteiger partial charge in [-0.2, -0.15) is 5.26 Å². The number of carbonyl (C=O) groups excluding carboxylic acids is 1. The monoisotopic (exact) mass is 423 g/mol. The molecule has 0 bridgehead atoms. The van der Waals surface area contributed by atoms with Gasteiger partial charge in [-0.1, -0.05) is 36.0 Å². The summed E-state index contributed by atoms with van der Waals surface area (Å²) in [5.74, 6) is 0.719. The molecule has 138 valence electrons. The van der Waals surface area contributed by atoms with Crippen LogP contribution in [0, 0.1) is 11.3 Å². The quantitative estimate of drug-likeness (QED) is 0.456. The van der Waals surface area contributed by atoms with Gasteiger partial charge in [-0.05, 0) is 35.0 Å². The molecular formula is C19H13N5OS3. The second kappa shape index (κ2) is 8.39. The number of thioether (sulfide) groups is 1. The van der Waals surface area contributed by atoms with Crippen LogP contribution in [0.4, 0.5) is 5.00 Å². The molecule has 0 radical (unpaired) electrons. The lowest BCUT2D eigenvalue weighted by Crippen LogP contribution is -2.14. The lowest BCUT2D eigenvalue weighted by atomic mass is 10.3. The molecule has 0 fully saturated rings. The number of benzene rings is 1. The number of para-hydroxylation sites is 1. The van der Waals surface area contributed by atoms with E-state index in [0.717, 1.165) is 16.4 Å². The van der Waals surface area contributed by atoms with Gasteiger partial charge in [0, 0.05) is 5.69 Å². The first-order valence-corrected chi connectivity index (χ1v) is 11.0. The minimum atomic E-state index is -0.191. The molecule has 0 aliphatic rings. The lowest BCUT2D eigenvalue weighted by molar-refractivity contribution is -0.113. The summed E-state index contributed by atoms with van der Waals surface area (Å²) in [5.41, 5.74) is 1.40. The Morgan fingerprint density at radius 1 is 1.11 bits per heavy atom. The van der Waals surface area contributed by atoms with Crippen molar-refractivity contribution in [2.75, 3.05) is 11.1 Å². The third-order valence-electron chi connectivity index (χ3n) is 3.76. The van der Waals surface area contributed by atoms with Gasteiger partial charge in [0.1, 0.15) is 11.1 Å². The predicted molar refractivity (Wildman–Crippen MR) is 113 cm³/mol. The summed E-state index contributed by atoms with van der Waals surface area (Å²) >= 11 is 4.23. The van der Waals surface area contributed by atoms with Crippen molar-refractivity contribution in [2.24, 2.45) is 0 Å². The van der Waals surface area contributed by atoms with Crippen molar-refractivity contribution in [3.63, 3.8) is 0 Å². The van der Waals surface area contributed by atoms with Crippen LogP contribution in [0.5, 0.6) is 0 Å². The van der Waals surface area contributed by atoms with Crippen molar-refractivity contribution in [3.05, 3.63) is 64.9 Å². The first-order valence-electron chi connectivity index (χ1n) is 8.21. The summed E-state index contributed by atoms with van der Waals surface area (Å²) in [4.78, 5) is 13.3. The lowest BCUT2D eigenvalue weighted by Gasteiger charge is -2.09. The van der Waals surface area contributed by atoms with Crippen LogP contribution in [0.15, 0.2) is 64.4 Å². The normalized spacial score (nSPS) is 10.5. The highest BCUT2D eigenvalue weighted by Gasteiger charge is 2.18. The molecule has 9 heteroatoms. The van der Waals surface area contributed by atoms with Gasteiger partial charge in [0.25, 0.3) is 0 Å². The van der Waals surface area contributed by atoms with Gasteiger partial charge in [0.05, 0.1) is 16.2 Å². The van der Waals surface area contributed by atoms with Crippen molar-refractivity contribution in [1.29, 1.82) is 5.26 Å². The molecule has 0 unspecified atom stereocenters. The molecule has 0 aliphatic carbocycles. The molecule has 28 heavy (non-hydrogen) atoms. The molecule has 0 saturated heterocycles. The van der Waals surface area contributed by atoms with Gasteiger partial charge < -0.3 is 5.32 Å². The summed E-state index contributed by atoms with van der Waals surface area (Å²) in [6, 6.07) is 17.5. The number of amides is 1. The maximum Gasteiger partial charge on any atom is 0.235 e. The predicted octanol–water partition coefficient (Wildman–Crippen LogP) is 4.66. The molecular weight excluding hydrogens is 410 g/mol. The summed E-state index contributed by atoms with van der Waals surface area (Å²) in [5, 5.41) is 25.5. The fraction of sp³-hybridized carbons (Fsp3) is 0.0526. The molecule has 4 rings (SSSR count). The van der Waals surface area contributed by atoms with Gasteiger partial charge >= 0.3 is 0 Å². The third-order valence-corrected chi connectivity index (χ3v) is 6.38. The van der Waals surface area contributed by atoms with Crippen LogP contribution in [-0.4, -0.2) is 26.4 Å². The van der Waals surface area contributed by atoms with Crippen LogP contribution in [-0.2, 0) is 4.79 Å². The van der Waals surface area contributed by atoms with Crippen molar-refractivity contribution >= 4 is 45.3 Å². The zero-order valence-corrected chi connectivity index (χ0v) is 16.9. The Morgan fingerprint density at radius 3 is 2.71 bits per heavy atom. The Morgan fingerprint density at radius 2 is 1.96 bits per heavy atom. The molecule has 1 aromatic carbocycles. The molecule has 3 aromatic heterocycles. The van der Waals surface area contributed by atoms with Gasteiger partial charge in [0.2, 0.25) is 5.91 Å². The molecule has 4 aromatic rings. The van der Waals surface area contributed by atoms with E-state index in [1.807, 2.05) is 52.4 Å². The fourth-order valence-corrected chi connectivity index (χ4v) is 4.73. The van der Waals surface area contributed by atoms with Gasteiger partial charge in [0.15, 0.2) is 11.0 Å². The van der Waals surface area contributed by atoms with E-state index < -0.39 is 0 Å². The Kier molecular flexibility index (Phi) is 5.53. The number of nitriles is 1. The van der Waals surface area contributed by atoms with Crippen LogP contribution in [0.1, 0.15) is 5.56 Å². The summed E-state index contributed by atoms with van der Waals surface area (Å²) in [6.45, 7) is 0. The first-order chi connectivity index (χ1) is 13.8. The minimum Gasteiger partial charge on any atom is -0.316 e. The molecule has 0 saturated carbocycles. The van der Waals surface area contributed by atoms with Gasteiger partial charge in [-0.25, -0.2) is 0 Å². The molecule has 0 spiro atoms. The van der Waals surface area contributed by atoms with Crippen LogP contribution < -0.4 is 5.32 Å². The third kappa shape index (κ3) is 3.84. The van der Waals surface area contributed by atoms with Crippen molar-refractivity contribution < 1.29 is 4.79 Å². The Labute approximate surface area is 173 Å². The maximum atomic E-state index is 12.3. The Balaban J connectivity index is 1.57. The van der Waals surface area contributed by atoms with E-state index in [4.69, 9.17) is 5.26 Å².